The van der Waals surface area contributed by atoms with Crippen LogP contribution >= 0.6 is 0 Å². The van der Waals surface area contributed by atoms with Crippen molar-refractivity contribution in [3.05, 3.63) is 54.1 Å². The smallest absolute Gasteiger partial charge is 0.433 e. The highest BCUT2D eigenvalue weighted by Gasteiger charge is 2.19. The van der Waals surface area contributed by atoms with Crippen LogP contribution in [0.1, 0.15) is 43.5 Å². The van der Waals surface area contributed by atoms with Crippen LogP contribution in [0.5, 0.6) is 5.75 Å². The third kappa shape index (κ3) is 7.53. The lowest BCUT2D eigenvalue weighted by atomic mass is 9.97. The van der Waals surface area contributed by atoms with Gasteiger partial charge in [-0.3, -0.25) is 9.59 Å². The van der Waals surface area contributed by atoms with Gasteiger partial charge in [-0.2, -0.15) is 0 Å². The molecule has 2 aromatic carbocycles. The van der Waals surface area contributed by atoms with Crippen molar-refractivity contribution in [1.29, 1.82) is 0 Å². The number of carbonyl (C=O) groups excluding carboxylic acids is 3. The Morgan fingerprint density at radius 2 is 1.58 bits per heavy atom. The minimum absolute atomic E-state index is 0.0389. The van der Waals surface area contributed by atoms with Crippen LogP contribution in [-0.2, 0) is 9.53 Å². The predicted octanol–water partition coefficient (Wildman–Crippen LogP) is 3.98. The van der Waals surface area contributed by atoms with Crippen LogP contribution in [-0.4, -0.2) is 42.7 Å². The number of aliphatic hydroxyl groups is 1. The molecule has 0 saturated heterocycles. The molecule has 1 amide bonds. The van der Waals surface area contributed by atoms with Crippen LogP contribution < -0.4 is 10.1 Å². The Morgan fingerprint density at radius 1 is 1.00 bits per heavy atom. The van der Waals surface area contributed by atoms with E-state index in [-0.39, 0.29) is 24.7 Å². The number of rotatable bonds is 10. The summed E-state index contributed by atoms with van der Waals surface area (Å²) < 4.78 is 10.3. The largest absolute Gasteiger partial charge is 0.513 e. The number of benzene rings is 2. The second-order valence-corrected chi connectivity index (χ2v) is 7.30. The number of carbonyl (C=O) groups is 3. The van der Waals surface area contributed by atoms with E-state index in [0.29, 0.717) is 24.2 Å². The molecule has 2 aromatic rings. The molecule has 2 unspecified atom stereocenters. The first-order chi connectivity index (χ1) is 14.8. The molecule has 7 heteroatoms. The molecule has 0 aromatic heterocycles. The topological polar surface area (TPSA) is 102 Å². The van der Waals surface area contributed by atoms with Gasteiger partial charge in [0.2, 0.25) is 0 Å². The van der Waals surface area contributed by atoms with Crippen molar-refractivity contribution in [1.82, 2.24) is 5.32 Å². The maximum Gasteiger partial charge on any atom is 0.513 e. The fraction of sp³-hybridized carbons (Fsp3) is 0.375. The van der Waals surface area contributed by atoms with E-state index in [1.165, 1.54) is 0 Å². The first-order valence-electron chi connectivity index (χ1n) is 10.3. The zero-order chi connectivity index (χ0) is 22.8. The average molecular weight is 427 g/mol. The molecule has 0 spiro atoms. The van der Waals surface area contributed by atoms with Gasteiger partial charge in [0.25, 0.3) is 5.91 Å². The summed E-state index contributed by atoms with van der Waals surface area (Å²) in [5.74, 6) is -0.276. The van der Waals surface area contributed by atoms with Gasteiger partial charge in [0.15, 0.2) is 0 Å². The summed E-state index contributed by atoms with van der Waals surface area (Å²) in [5.41, 5.74) is 2.39. The molecule has 0 aliphatic heterocycles. The van der Waals surface area contributed by atoms with Crippen LogP contribution in [0.15, 0.2) is 48.5 Å². The molecule has 0 radical (unpaired) electrons. The van der Waals surface area contributed by atoms with Crippen molar-refractivity contribution in [2.24, 2.45) is 5.92 Å². The quantitative estimate of drug-likeness (QED) is 0.439. The first-order valence-corrected chi connectivity index (χ1v) is 10.3. The highest BCUT2D eigenvalue weighted by Crippen LogP contribution is 2.23. The molecular weight excluding hydrogens is 398 g/mol. The predicted molar refractivity (Wildman–Crippen MR) is 117 cm³/mol. The van der Waals surface area contributed by atoms with Gasteiger partial charge in [-0.05, 0) is 55.2 Å². The summed E-state index contributed by atoms with van der Waals surface area (Å²) in [7, 11) is 1.58. The number of hydrogen-bond donors (Lipinski definition) is 2. The van der Waals surface area contributed by atoms with Crippen molar-refractivity contribution >= 4 is 17.8 Å². The zero-order valence-corrected chi connectivity index (χ0v) is 18.1. The number of aliphatic hydroxyl groups excluding tert-OH is 1. The number of ether oxygens (including phenoxy) is 2. The summed E-state index contributed by atoms with van der Waals surface area (Å²) in [5, 5.41) is 11.9. The molecule has 2 N–H and O–H groups in total. The Kier molecular flexibility index (Phi) is 9.21. The van der Waals surface area contributed by atoms with E-state index in [1.54, 1.807) is 50.4 Å². The second-order valence-electron chi connectivity index (χ2n) is 7.30. The minimum atomic E-state index is -0.871. The van der Waals surface area contributed by atoms with E-state index in [2.05, 4.69) is 5.32 Å². The molecule has 0 bridgehead atoms. The first kappa shape index (κ1) is 24.1. The van der Waals surface area contributed by atoms with Gasteiger partial charge in [0.1, 0.15) is 18.1 Å². The highest BCUT2D eigenvalue weighted by atomic mass is 16.7. The lowest BCUT2D eigenvalue weighted by molar-refractivity contribution is -0.124. The van der Waals surface area contributed by atoms with E-state index in [9.17, 15) is 19.5 Å². The normalized spacial score (nSPS) is 12.5. The van der Waals surface area contributed by atoms with E-state index in [1.807, 2.05) is 19.1 Å². The number of nitrogens with one attached hydrogen (secondary N) is 1. The maximum atomic E-state index is 12.1. The molecule has 7 nitrogen and oxygen atoms in total. The monoisotopic (exact) mass is 427 g/mol. The summed E-state index contributed by atoms with van der Waals surface area (Å²) >= 11 is 0. The van der Waals surface area contributed by atoms with Crippen molar-refractivity contribution in [3.8, 4) is 16.9 Å². The Balaban J connectivity index is 1.88. The Labute approximate surface area is 182 Å². The molecule has 2 rings (SSSR count). The molecule has 0 fully saturated rings. The lowest BCUT2D eigenvalue weighted by Crippen LogP contribution is -2.23. The van der Waals surface area contributed by atoms with Crippen molar-refractivity contribution < 1.29 is 29.0 Å². The third-order valence-corrected chi connectivity index (χ3v) is 4.92. The number of Topliss-reactive ketones (excluding diaryl/α,β-unsaturated/α-hetero) is 1. The standard InChI is InChI=1S/C24H29NO6/c1-4-17(22(27)14-5-16(2)26)15-30-24(29)31-21-12-10-19(11-13-21)18-6-8-20(9-7-18)23(28)25-3/h6-13,16-17,26H,4-5,14-15H2,1-3H3,(H,25,28). The van der Waals surface area contributed by atoms with Crippen LogP contribution in [0.3, 0.4) is 0 Å². The average Bonchev–Trinajstić information content (AvgIpc) is 2.78. The Morgan fingerprint density at radius 3 is 2.10 bits per heavy atom. The fourth-order valence-corrected chi connectivity index (χ4v) is 2.96. The molecule has 0 aliphatic rings. The molecule has 0 heterocycles. The van der Waals surface area contributed by atoms with Crippen LogP contribution in [0, 0.1) is 5.92 Å². The molecule has 31 heavy (non-hydrogen) atoms. The van der Waals surface area contributed by atoms with E-state index < -0.39 is 18.2 Å². The maximum absolute atomic E-state index is 12.1. The van der Waals surface area contributed by atoms with Gasteiger partial charge in [-0.25, -0.2) is 4.79 Å². The Hall–Kier alpha value is -3.19. The van der Waals surface area contributed by atoms with Crippen molar-refractivity contribution in [2.75, 3.05) is 13.7 Å². The number of hydrogen-bond acceptors (Lipinski definition) is 6. The SMILES string of the molecule is CCC(COC(=O)Oc1ccc(-c2ccc(C(=O)NC)cc2)cc1)C(=O)CCC(C)O. The van der Waals surface area contributed by atoms with E-state index in [4.69, 9.17) is 9.47 Å². The minimum Gasteiger partial charge on any atom is -0.433 e. The van der Waals surface area contributed by atoms with Gasteiger partial charge in [0, 0.05) is 19.0 Å². The van der Waals surface area contributed by atoms with Gasteiger partial charge in [0.05, 0.1) is 12.0 Å². The van der Waals surface area contributed by atoms with Crippen molar-refractivity contribution in [2.45, 2.75) is 39.2 Å². The third-order valence-electron chi connectivity index (χ3n) is 4.92. The van der Waals surface area contributed by atoms with Gasteiger partial charge >= 0.3 is 6.16 Å². The van der Waals surface area contributed by atoms with E-state index in [0.717, 1.165) is 11.1 Å². The molecular formula is C24H29NO6. The highest BCUT2D eigenvalue weighted by molar-refractivity contribution is 5.94. The Bertz CT molecular complexity index is 874. The van der Waals surface area contributed by atoms with Crippen LogP contribution in [0.25, 0.3) is 11.1 Å². The summed E-state index contributed by atoms with van der Waals surface area (Å²) in [6.45, 7) is 3.43. The molecule has 166 valence electrons. The fourth-order valence-electron chi connectivity index (χ4n) is 2.96. The summed E-state index contributed by atoms with van der Waals surface area (Å²) in [4.78, 5) is 35.7. The lowest BCUT2D eigenvalue weighted by Gasteiger charge is -2.14. The van der Waals surface area contributed by atoms with Gasteiger partial charge < -0.3 is 19.9 Å². The summed E-state index contributed by atoms with van der Waals surface area (Å²) in [6.07, 6.45) is -0.228. The van der Waals surface area contributed by atoms with Crippen molar-refractivity contribution in [3.63, 3.8) is 0 Å². The second kappa shape index (κ2) is 11.9. The molecule has 0 saturated carbocycles. The zero-order valence-electron chi connectivity index (χ0n) is 18.1. The summed E-state index contributed by atoms with van der Waals surface area (Å²) in [6, 6.07) is 14.0. The van der Waals surface area contributed by atoms with Gasteiger partial charge in [-0.1, -0.05) is 31.2 Å². The molecule has 0 aliphatic carbocycles. The van der Waals surface area contributed by atoms with E-state index >= 15 is 0 Å². The van der Waals surface area contributed by atoms with Crippen LogP contribution in [0.4, 0.5) is 4.79 Å². The van der Waals surface area contributed by atoms with Crippen LogP contribution in [0.2, 0.25) is 0 Å². The number of amides is 1. The number of ketones is 1. The molecule has 2 atom stereocenters. The van der Waals surface area contributed by atoms with Gasteiger partial charge in [-0.15, -0.1) is 0 Å².